The molecule has 2 aromatic carbocycles. The number of nitrogens with zero attached hydrogens (tertiary/aromatic N) is 2. The van der Waals surface area contributed by atoms with Crippen LogP contribution in [0, 0.1) is 0 Å². The number of rotatable bonds is 6. The van der Waals surface area contributed by atoms with Crippen LogP contribution in [-0.4, -0.2) is 32.3 Å². The van der Waals surface area contributed by atoms with Crippen LogP contribution in [0.1, 0.15) is 24.5 Å². The summed E-state index contributed by atoms with van der Waals surface area (Å²) in [6.07, 6.45) is 4.33. The first-order valence-corrected chi connectivity index (χ1v) is 11.3. The third kappa shape index (κ3) is 4.45. The summed E-state index contributed by atoms with van der Waals surface area (Å²) < 4.78 is 2.20. The fourth-order valence-corrected chi connectivity index (χ4v) is 6.28. The van der Waals surface area contributed by atoms with E-state index in [1.807, 2.05) is 41.7 Å². The number of nitrogens with one attached hydrogen (secondary N) is 1. The molecule has 0 radical (unpaired) electrons. The lowest BCUT2D eigenvalue weighted by Crippen LogP contribution is -2.26. The number of carbonyl (C=O) groups excluding carboxylic acids is 1. The number of hydrogen-bond donors (Lipinski definition) is 1. The number of thioether (sulfide) groups is 2. The Bertz CT molecular complexity index is 991. The zero-order valence-electron chi connectivity index (χ0n) is 15.8. The molecule has 1 aromatic heterocycles. The van der Waals surface area contributed by atoms with E-state index in [0.717, 1.165) is 34.5 Å². The minimum Gasteiger partial charge on any atom is -0.342 e. The number of para-hydroxylation sites is 1. The van der Waals surface area contributed by atoms with Crippen LogP contribution in [0.4, 0.5) is 0 Å². The second kappa shape index (κ2) is 8.45. The molecule has 1 aliphatic heterocycles. The van der Waals surface area contributed by atoms with Gasteiger partial charge in [0.15, 0.2) is 0 Å². The fraction of sp³-hybridized carbons (Fsp3) is 0.273. The predicted molar refractivity (Wildman–Crippen MR) is 121 cm³/mol. The van der Waals surface area contributed by atoms with Crippen molar-refractivity contribution in [3.05, 3.63) is 71.9 Å². The summed E-state index contributed by atoms with van der Waals surface area (Å²) in [4.78, 5) is 12.2. The molecule has 2 heterocycles. The van der Waals surface area contributed by atoms with Gasteiger partial charge in [0.05, 0.1) is 16.7 Å². The van der Waals surface area contributed by atoms with Crippen LogP contribution < -0.4 is 5.43 Å². The van der Waals surface area contributed by atoms with Gasteiger partial charge in [0.2, 0.25) is 5.91 Å². The van der Waals surface area contributed by atoms with Crippen molar-refractivity contribution in [2.75, 3.05) is 11.5 Å². The highest BCUT2D eigenvalue weighted by atomic mass is 32.2. The van der Waals surface area contributed by atoms with E-state index in [2.05, 4.69) is 64.6 Å². The molecule has 1 N–H and O–H groups in total. The summed E-state index contributed by atoms with van der Waals surface area (Å²) in [6, 6.07) is 18.7. The second-order valence-electron chi connectivity index (χ2n) is 7.02. The van der Waals surface area contributed by atoms with Gasteiger partial charge in [-0.05, 0) is 18.6 Å². The SMILES string of the molecule is CC1(CC(=O)N/N=C\c2cn(Cc3ccccc3)c3ccccc23)SCCS1. The highest BCUT2D eigenvalue weighted by molar-refractivity contribution is 8.21. The molecule has 4 rings (SSSR count). The van der Waals surface area contributed by atoms with Gasteiger partial charge in [-0.1, -0.05) is 48.5 Å². The third-order valence-corrected chi connectivity index (χ3v) is 8.08. The number of amides is 1. The van der Waals surface area contributed by atoms with Crippen molar-refractivity contribution in [3.63, 3.8) is 0 Å². The minimum atomic E-state index is -0.0336. The lowest BCUT2D eigenvalue weighted by Gasteiger charge is -2.19. The minimum absolute atomic E-state index is 0.0225. The Morgan fingerprint density at radius 2 is 1.86 bits per heavy atom. The highest BCUT2D eigenvalue weighted by Gasteiger charge is 2.32. The van der Waals surface area contributed by atoms with E-state index in [-0.39, 0.29) is 9.99 Å². The lowest BCUT2D eigenvalue weighted by molar-refractivity contribution is -0.121. The molecule has 4 nitrogen and oxygen atoms in total. The van der Waals surface area contributed by atoms with Gasteiger partial charge in [-0.3, -0.25) is 4.79 Å². The summed E-state index contributed by atoms with van der Waals surface area (Å²) in [7, 11) is 0. The van der Waals surface area contributed by atoms with Crippen LogP contribution >= 0.6 is 23.5 Å². The van der Waals surface area contributed by atoms with E-state index in [1.165, 1.54) is 5.56 Å². The zero-order valence-corrected chi connectivity index (χ0v) is 17.4. The Morgan fingerprint density at radius 1 is 1.14 bits per heavy atom. The number of benzene rings is 2. The maximum absolute atomic E-state index is 12.2. The summed E-state index contributed by atoms with van der Waals surface area (Å²) in [5.74, 6) is 2.19. The molecule has 0 aliphatic carbocycles. The lowest BCUT2D eigenvalue weighted by atomic mass is 10.2. The standard InChI is InChI=1S/C22H23N3OS2/c1-22(27-11-12-28-22)13-21(26)24-23-14-18-16-25(15-17-7-3-2-4-8-17)20-10-6-5-9-19(18)20/h2-10,14,16H,11-13,15H2,1H3,(H,24,26)/b23-14-. The summed E-state index contributed by atoms with van der Waals surface area (Å²) in [5.41, 5.74) is 6.11. The molecule has 0 spiro atoms. The van der Waals surface area contributed by atoms with E-state index in [0.29, 0.717) is 6.42 Å². The predicted octanol–water partition coefficient (Wildman–Crippen LogP) is 4.73. The molecule has 3 aromatic rings. The summed E-state index contributed by atoms with van der Waals surface area (Å²) in [5, 5.41) is 5.36. The number of hydrogen-bond acceptors (Lipinski definition) is 4. The molecule has 28 heavy (non-hydrogen) atoms. The van der Waals surface area contributed by atoms with Crippen molar-refractivity contribution in [2.24, 2.45) is 5.10 Å². The second-order valence-corrected chi connectivity index (χ2v) is 10.5. The van der Waals surface area contributed by atoms with Gasteiger partial charge in [0, 0.05) is 40.7 Å². The molecule has 6 heteroatoms. The molecule has 1 saturated heterocycles. The van der Waals surface area contributed by atoms with Gasteiger partial charge < -0.3 is 4.57 Å². The average Bonchev–Trinajstić information content (AvgIpc) is 3.27. The average molecular weight is 410 g/mol. The molecular formula is C22H23N3OS2. The largest absolute Gasteiger partial charge is 0.342 e. The van der Waals surface area contributed by atoms with Gasteiger partial charge >= 0.3 is 0 Å². The van der Waals surface area contributed by atoms with E-state index >= 15 is 0 Å². The number of hydrazone groups is 1. The Balaban J connectivity index is 1.49. The first-order chi connectivity index (χ1) is 13.6. The first kappa shape index (κ1) is 19.2. The molecule has 0 saturated carbocycles. The Hall–Kier alpha value is -2.18. The molecule has 1 amide bonds. The fourth-order valence-electron chi connectivity index (χ4n) is 3.45. The van der Waals surface area contributed by atoms with Crippen molar-refractivity contribution in [2.45, 2.75) is 24.0 Å². The maximum Gasteiger partial charge on any atom is 0.242 e. The van der Waals surface area contributed by atoms with Crippen LogP contribution in [0.3, 0.4) is 0 Å². The Kier molecular flexibility index (Phi) is 5.78. The van der Waals surface area contributed by atoms with Gasteiger partial charge in [-0.15, -0.1) is 23.5 Å². The molecule has 1 fully saturated rings. The molecule has 144 valence electrons. The van der Waals surface area contributed by atoms with Crippen molar-refractivity contribution in [1.82, 2.24) is 9.99 Å². The molecule has 0 bridgehead atoms. The van der Waals surface area contributed by atoms with Crippen molar-refractivity contribution >= 4 is 46.5 Å². The van der Waals surface area contributed by atoms with E-state index in [1.54, 1.807) is 6.21 Å². The maximum atomic E-state index is 12.2. The van der Waals surface area contributed by atoms with Crippen molar-refractivity contribution in [3.8, 4) is 0 Å². The van der Waals surface area contributed by atoms with Crippen molar-refractivity contribution in [1.29, 1.82) is 0 Å². The highest BCUT2D eigenvalue weighted by Crippen LogP contribution is 2.45. The number of carbonyl (C=O) groups is 1. The van der Waals surface area contributed by atoms with E-state index < -0.39 is 0 Å². The van der Waals surface area contributed by atoms with Gasteiger partial charge in [0.1, 0.15) is 0 Å². The summed E-state index contributed by atoms with van der Waals surface area (Å²) >= 11 is 3.71. The number of aromatic nitrogens is 1. The van der Waals surface area contributed by atoms with Crippen molar-refractivity contribution < 1.29 is 4.79 Å². The third-order valence-electron chi connectivity index (χ3n) is 4.79. The molecular weight excluding hydrogens is 386 g/mol. The zero-order chi connectivity index (χ0) is 19.4. The monoisotopic (exact) mass is 409 g/mol. The van der Waals surface area contributed by atoms with Gasteiger partial charge in [-0.2, -0.15) is 5.10 Å². The van der Waals surface area contributed by atoms with Crippen LogP contribution in [0.2, 0.25) is 0 Å². The van der Waals surface area contributed by atoms with Crippen LogP contribution in [-0.2, 0) is 11.3 Å². The van der Waals surface area contributed by atoms with E-state index in [9.17, 15) is 4.79 Å². The quantitative estimate of drug-likeness (QED) is 0.473. The first-order valence-electron chi connectivity index (χ1n) is 9.35. The smallest absolute Gasteiger partial charge is 0.242 e. The topological polar surface area (TPSA) is 46.4 Å². The molecule has 0 atom stereocenters. The molecule has 0 unspecified atom stereocenters. The summed E-state index contributed by atoms with van der Waals surface area (Å²) in [6.45, 7) is 2.93. The Labute approximate surface area is 173 Å². The molecule has 1 aliphatic rings. The van der Waals surface area contributed by atoms with Gasteiger partial charge in [-0.25, -0.2) is 5.43 Å². The van der Waals surface area contributed by atoms with Crippen LogP contribution in [0.5, 0.6) is 0 Å². The van der Waals surface area contributed by atoms with Gasteiger partial charge in [0.25, 0.3) is 0 Å². The normalized spacial score (nSPS) is 16.0. The van der Waals surface area contributed by atoms with E-state index in [4.69, 9.17) is 0 Å². The van der Waals surface area contributed by atoms with Crippen LogP contribution in [0.25, 0.3) is 10.9 Å². The number of fused-ring (bicyclic) bond motifs is 1. The van der Waals surface area contributed by atoms with Crippen LogP contribution in [0.15, 0.2) is 65.9 Å². The Morgan fingerprint density at radius 3 is 2.64 bits per heavy atom.